The number of aliphatic hydroxyl groups is 3. The number of amides is 12. The third kappa shape index (κ3) is 30.1. The number of unbranched alkanes of at least 4 members (excludes halogenated alkanes) is 1. The van der Waals surface area contributed by atoms with Crippen molar-refractivity contribution in [2.75, 3.05) is 31.1 Å². The SMILES string of the molecule is CCC[C@@H]1NC(=O)[C@H](CC2CNC3NCCCC23)NC(=O)[C@H]([C@@H](C)O)NC(=O)[C@H](CCCCN)NC(=O)[C@H](CC2CCC(O)CC2)NC(=O)[C@H](C(C)(C)C)NC(=O)CCSCc2cccc(c2)CSC[C@@H](C(N)=O)NC(=O)C(C)(C)NC(=O)[C@H](C2CCCCC2)NC(=O)[C@H](CC2CCC(O)CC2)NC(=O)[C@H](CCC(=O)O)NC1=O. The summed E-state index contributed by atoms with van der Waals surface area (Å²) in [4.78, 5) is 188. The minimum atomic E-state index is -1.76. The van der Waals surface area contributed by atoms with Gasteiger partial charge in [-0.3, -0.25) is 62.3 Å². The maximum Gasteiger partial charge on any atom is 0.303 e. The summed E-state index contributed by atoms with van der Waals surface area (Å²) in [6.07, 6.45) is 5.65. The zero-order valence-electron chi connectivity index (χ0n) is 67.7. The number of piperidine rings is 1. The zero-order chi connectivity index (χ0) is 83.4. The third-order valence-electron chi connectivity index (χ3n) is 23.1. The quantitative estimate of drug-likeness (QED) is 0.0924. The van der Waals surface area contributed by atoms with Crippen LogP contribution in [0.4, 0.5) is 0 Å². The number of hydrogen-bond acceptors (Lipinski definition) is 21. The van der Waals surface area contributed by atoms with Crippen LogP contribution < -0.4 is 80.6 Å². The fourth-order valence-electron chi connectivity index (χ4n) is 16.3. The molecule has 12 amide bonds. The number of benzene rings is 1. The molecule has 0 aromatic heterocycles. The lowest BCUT2D eigenvalue weighted by molar-refractivity contribution is -0.139. The molecule has 3 aliphatic carbocycles. The van der Waals surface area contributed by atoms with Gasteiger partial charge < -0.3 is 101 Å². The van der Waals surface area contributed by atoms with Crippen molar-refractivity contribution < 1.29 is 82.8 Å². The van der Waals surface area contributed by atoms with E-state index in [4.69, 9.17) is 11.5 Å². The zero-order valence-corrected chi connectivity index (χ0v) is 69.3. The van der Waals surface area contributed by atoms with Gasteiger partial charge in [0, 0.05) is 35.9 Å². The van der Waals surface area contributed by atoms with E-state index in [9.17, 15) is 73.2 Å². The third-order valence-corrected chi connectivity index (χ3v) is 25.3. The summed E-state index contributed by atoms with van der Waals surface area (Å²) in [6, 6.07) is -6.26. The van der Waals surface area contributed by atoms with E-state index in [0.29, 0.717) is 101 Å². The molecule has 1 aromatic carbocycles. The molecule has 0 spiro atoms. The average molecular weight is 1640 g/mol. The number of hydrogen-bond donors (Lipinski definition) is 19. The number of rotatable bonds is 18. The number of aliphatic hydroxyl groups excluding tert-OH is 3. The van der Waals surface area contributed by atoms with Gasteiger partial charge in [-0.2, -0.15) is 23.5 Å². The second-order valence-electron chi connectivity index (χ2n) is 34.0. The molecule has 3 unspecified atom stereocenters. The monoisotopic (exact) mass is 1640 g/mol. The Morgan fingerprint density at radius 1 is 0.588 bits per heavy atom. The van der Waals surface area contributed by atoms with Crippen LogP contribution in [0, 0.1) is 35.0 Å². The standard InChI is InChI=1S/C80H131N15O17S2/c1-8-16-55-69(103)87-57(31-32-63(100)101)70(104)88-59(39-47-25-29-53(98)30-26-47)74(108)94-65(50-19-10-9-11-20-50)76(110)95-80(6,7)78(112)91-61(67(82)102)44-114-43-49-18-14-17-48(37-49)42-113-36-33-62(99)92-66(79(3,4)5)77(111)90-58(38-46-23-27-52(97)28-24-46)72(106)86-56(22-12-13-34-81)71(105)93-64(45(2)96)75(109)89-60(73(107)85-55)40-51-41-84-68-54(51)21-15-35-83-68/h14,17-18,37,45-47,50-61,64-66,68,83-84,96-98H,8-13,15-16,19-36,38-44,81H2,1-7H3,(H2,82,102)(H,85,107)(H,86,106)(H,87,103)(H,88,104)(H,89,109)(H,90,111)(H,91,112)(H,92,99)(H,93,105)(H,94,108)(H,95,110)(H,100,101)/t45-,46?,47?,51?,52?,53?,54?,55+,56+,57+,58+,59+,60+,61+,64+,65+,66-,68?/m1/s1. The largest absolute Gasteiger partial charge is 0.481 e. The van der Waals surface area contributed by atoms with Gasteiger partial charge in [-0.05, 0) is 215 Å². The van der Waals surface area contributed by atoms with Crippen molar-refractivity contribution in [3.8, 4) is 0 Å². The number of thioether (sulfide) groups is 2. The number of primary amides is 1. The van der Waals surface area contributed by atoms with E-state index in [1.54, 1.807) is 27.7 Å². The highest BCUT2D eigenvalue weighted by Crippen LogP contribution is 2.34. The van der Waals surface area contributed by atoms with Crippen LogP contribution in [0.15, 0.2) is 24.3 Å². The maximum atomic E-state index is 15.2. The first-order valence-electron chi connectivity index (χ1n) is 41.4. The molecule has 1 aromatic rings. The van der Waals surface area contributed by atoms with Crippen LogP contribution in [0.1, 0.15) is 227 Å². The predicted octanol–water partition coefficient (Wildman–Crippen LogP) is 1.40. The molecule has 5 fully saturated rings. The van der Waals surface area contributed by atoms with Crippen LogP contribution in [0.25, 0.3) is 0 Å². The van der Waals surface area contributed by atoms with E-state index in [2.05, 4.69) is 69.1 Å². The number of aliphatic carboxylic acids is 1. The predicted molar refractivity (Wildman–Crippen MR) is 432 cm³/mol. The summed E-state index contributed by atoms with van der Waals surface area (Å²) < 4.78 is 0. The van der Waals surface area contributed by atoms with Crippen molar-refractivity contribution in [3.05, 3.63) is 35.4 Å². The Morgan fingerprint density at radius 3 is 1.68 bits per heavy atom. The Hall–Kier alpha value is -7.21. The lowest BCUT2D eigenvalue weighted by Gasteiger charge is -2.35. The van der Waals surface area contributed by atoms with Crippen molar-refractivity contribution in [1.82, 2.24) is 69.1 Å². The number of carboxylic acids is 1. The Bertz CT molecular complexity index is 3400. The first-order chi connectivity index (χ1) is 54.1. The van der Waals surface area contributed by atoms with Crippen LogP contribution in [0.2, 0.25) is 0 Å². The van der Waals surface area contributed by atoms with E-state index in [-0.39, 0.29) is 87.1 Å². The van der Waals surface area contributed by atoms with Gasteiger partial charge in [-0.25, -0.2) is 0 Å². The van der Waals surface area contributed by atoms with Gasteiger partial charge >= 0.3 is 5.97 Å². The summed E-state index contributed by atoms with van der Waals surface area (Å²) in [6.45, 7) is 12.6. The van der Waals surface area contributed by atoms with Crippen molar-refractivity contribution in [1.29, 1.82) is 0 Å². The molecule has 21 N–H and O–H groups in total. The van der Waals surface area contributed by atoms with Crippen LogP contribution in [0.5, 0.6) is 0 Å². The molecule has 3 aliphatic heterocycles. The molecule has 2 bridgehead atoms. The molecule has 6 aliphatic rings. The minimum Gasteiger partial charge on any atom is -0.481 e. The number of nitrogens with one attached hydrogen (secondary N) is 13. The molecular weight excluding hydrogens is 1510 g/mol. The van der Waals surface area contributed by atoms with Crippen molar-refractivity contribution >= 4 is 100 Å². The van der Waals surface area contributed by atoms with Crippen molar-refractivity contribution in [3.63, 3.8) is 0 Å². The Morgan fingerprint density at radius 2 is 1.11 bits per heavy atom. The van der Waals surface area contributed by atoms with Crippen LogP contribution in [0.3, 0.4) is 0 Å². The van der Waals surface area contributed by atoms with Gasteiger partial charge in [0.1, 0.15) is 66.0 Å². The Balaban J connectivity index is 1.23. The maximum absolute atomic E-state index is 15.2. The summed E-state index contributed by atoms with van der Waals surface area (Å²) in [5, 5.41) is 80.2. The smallest absolute Gasteiger partial charge is 0.303 e. The fraction of sp³-hybridized carbons (Fsp3) is 0.762. The van der Waals surface area contributed by atoms with Crippen LogP contribution >= 0.6 is 23.5 Å². The second-order valence-corrected chi connectivity index (χ2v) is 36.1. The molecule has 2 saturated heterocycles. The molecule has 7 rings (SSSR count). The highest BCUT2D eigenvalue weighted by atomic mass is 32.2. The van der Waals surface area contributed by atoms with Gasteiger partial charge in [0.2, 0.25) is 70.9 Å². The number of carboxylic acid groups (broad SMARTS) is 1. The molecule has 0 radical (unpaired) electrons. The van der Waals surface area contributed by atoms with Gasteiger partial charge in [0.15, 0.2) is 0 Å². The summed E-state index contributed by atoms with van der Waals surface area (Å²) in [5.74, 6) is -10.6. The van der Waals surface area contributed by atoms with Crippen molar-refractivity contribution in [2.45, 2.75) is 317 Å². The molecule has 14 atom stereocenters. The van der Waals surface area contributed by atoms with Gasteiger partial charge in [-0.15, -0.1) is 0 Å². The molecule has 32 nitrogen and oxygen atoms in total. The van der Waals surface area contributed by atoms with Crippen molar-refractivity contribution in [2.24, 2.45) is 46.5 Å². The molecule has 3 heterocycles. The van der Waals surface area contributed by atoms with E-state index in [0.717, 1.165) is 49.8 Å². The Kier molecular flexibility index (Phi) is 38.0. The van der Waals surface area contributed by atoms with Gasteiger partial charge in [0.25, 0.3) is 0 Å². The summed E-state index contributed by atoms with van der Waals surface area (Å²) in [7, 11) is 0. The number of carbonyl (C=O) groups excluding carboxylic acids is 12. The first kappa shape index (κ1) is 93.9. The highest BCUT2D eigenvalue weighted by molar-refractivity contribution is 7.98. The summed E-state index contributed by atoms with van der Waals surface area (Å²) >= 11 is 2.82. The van der Waals surface area contributed by atoms with E-state index in [1.165, 1.54) is 44.3 Å². The molecule has 3 saturated carbocycles. The summed E-state index contributed by atoms with van der Waals surface area (Å²) in [5.41, 5.74) is 11.1. The van der Waals surface area contributed by atoms with E-state index in [1.807, 2.05) is 24.3 Å². The normalized spacial score (nSPS) is 31.4. The molecule has 640 valence electrons. The minimum absolute atomic E-state index is 0.00394. The lowest BCUT2D eigenvalue weighted by atomic mass is 9.82. The fourth-order valence-corrected chi connectivity index (χ4v) is 18.2. The van der Waals surface area contributed by atoms with E-state index >= 15 is 9.59 Å². The highest BCUT2D eigenvalue weighted by Gasteiger charge is 2.45. The average Bonchev–Trinajstić information content (AvgIpc) is 1.75. The molecule has 114 heavy (non-hydrogen) atoms. The van der Waals surface area contributed by atoms with Gasteiger partial charge in [-0.1, -0.05) is 77.6 Å². The topological polar surface area (TPSA) is 511 Å². The number of fused-ring (bicyclic) bond motifs is 3. The van der Waals surface area contributed by atoms with Crippen LogP contribution in [-0.4, -0.2) is 219 Å². The Labute approximate surface area is 679 Å². The number of nitrogens with two attached hydrogens (primary N) is 2. The first-order valence-corrected chi connectivity index (χ1v) is 43.7. The van der Waals surface area contributed by atoms with Gasteiger partial charge in [0.05, 0.1) is 24.5 Å². The van der Waals surface area contributed by atoms with E-state index < -0.39 is 185 Å². The number of carbonyl (C=O) groups is 13. The molecule has 34 heteroatoms. The second kappa shape index (κ2) is 46.1. The molecular formula is C80H131N15O17S2. The lowest BCUT2D eigenvalue weighted by Crippen LogP contribution is -2.64. The van der Waals surface area contributed by atoms with Crippen LogP contribution in [-0.2, 0) is 73.8 Å².